The first-order chi connectivity index (χ1) is 9.31. The Bertz CT molecular complexity index is 494. The molecular formula is C12H14Cl2FeN2O3. The zero-order valence-electron chi connectivity index (χ0n) is 11.4. The Morgan fingerprint density at radius 3 is 1.50 bits per heavy atom. The molecule has 0 bridgehead atoms. The van der Waals surface area contributed by atoms with Gasteiger partial charge in [-0.05, 0) is 26.0 Å². The molecule has 0 atom stereocenters. The first-order valence-electron chi connectivity index (χ1n) is 5.39. The van der Waals surface area contributed by atoms with Crippen molar-refractivity contribution in [1.29, 1.82) is 0 Å². The van der Waals surface area contributed by atoms with Crippen LogP contribution in [0.3, 0.4) is 0 Å². The van der Waals surface area contributed by atoms with Crippen molar-refractivity contribution in [3.05, 3.63) is 23.7 Å². The number of hydrogen-bond acceptors (Lipinski definition) is 3. The van der Waals surface area contributed by atoms with Gasteiger partial charge in [-0.25, -0.2) is 9.98 Å². The van der Waals surface area contributed by atoms with Crippen LogP contribution in [0.5, 0.6) is 0 Å². The predicted molar refractivity (Wildman–Crippen MR) is 76.2 cm³/mol. The number of nitrogens with zero attached hydrogens (tertiary/aromatic N) is 2. The Hall–Kier alpha value is -0.941. The molecule has 0 fully saturated rings. The molecule has 112 valence electrons. The second kappa shape index (κ2) is 9.88. The Kier molecular flexibility index (Phi) is 9.42. The monoisotopic (exact) mass is 360 g/mol. The summed E-state index contributed by atoms with van der Waals surface area (Å²) in [5, 5.41) is 0. The average molecular weight is 361 g/mol. The van der Waals surface area contributed by atoms with Gasteiger partial charge in [-0.1, -0.05) is 0 Å². The van der Waals surface area contributed by atoms with Gasteiger partial charge in [0.05, 0.1) is 11.4 Å². The van der Waals surface area contributed by atoms with Crippen LogP contribution in [0.15, 0.2) is 26.5 Å². The standard InChI is InChI=1S/C12H14N2O3.2ClH.Fe/c1-7(13-9(3)15)11-5-6-12(17-11)8(2)14-10(4)16;;;/h5-6H,1-4H3;2*1H;/q;;;+2/p-2. The number of carbonyl (C=O) groups is 2. The molecule has 5 nitrogen and oxygen atoms in total. The van der Waals surface area contributed by atoms with Gasteiger partial charge in [0.1, 0.15) is 11.5 Å². The molecule has 20 heavy (non-hydrogen) atoms. The molecule has 0 saturated carbocycles. The second-order valence-corrected chi connectivity index (χ2v) is 5.47. The third kappa shape index (κ3) is 7.60. The van der Waals surface area contributed by atoms with Crippen LogP contribution in [0.2, 0.25) is 0 Å². The molecule has 0 unspecified atom stereocenters. The molecule has 2 amide bonds. The van der Waals surface area contributed by atoms with Crippen molar-refractivity contribution in [1.82, 2.24) is 0 Å². The molecule has 0 aliphatic heterocycles. The van der Waals surface area contributed by atoms with Crippen molar-refractivity contribution in [3.63, 3.8) is 0 Å². The summed E-state index contributed by atoms with van der Waals surface area (Å²) in [4.78, 5) is 29.1. The van der Waals surface area contributed by atoms with Crippen molar-refractivity contribution in [3.8, 4) is 0 Å². The summed E-state index contributed by atoms with van der Waals surface area (Å²) in [7, 11) is 9.53. The minimum absolute atomic E-state index is 0.194. The van der Waals surface area contributed by atoms with Crippen molar-refractivity contribution in [2.45, 2.75) is 27.7 Å². The van der Waals surface area contributed by atoms with Crippen LogP contribution in [-0.4, -0.2) is 23.2 Å². The fourth-order valence-electron chi connectivity index (χ4n) is 1.31. The SMILES string of the molecule is CC(=O)N=C(C)c1ccc(C(C)=NC(C)=O)o1.[Cl][Fe][Cl]. The van der Waals surface area contributed by atoms with Crippen LogP contribution in [-0.2, 0) is 22.7 Å². The number of carbonyl (C=O) groups excluding carboxylic acids is 2. The first-order valence-corrected chi connectivity index (χ1v) is 8.43. The van der Waals surface area contributed by atoms with E-state index < -0.39 is 0 Å². The fraction of sp³-hybridized carbons (Fsp3) is 0.333. The van der Waals surface area contributed by atoms with Crippen molar-refractivity contribution in [2.75, 3.05) is 0 Å². The molecule has 0 spiro atoms. The number of halogens is 2. The molecule has 1 heterocycles. The second-order valence-electron chi connectivity index (χ2n) is 3.65. The van der Waals surface area contributed by atoms with Gasteiger partial charge in [0.2, 0.25) is 11.8 Å². The average Bonchev–Trinajstić information content (AvgIpc) is 2.77. The minimum atomic E-state index is -0.283. The van der Waals surface area contributed by atoms with Gasteiger partial charge in [0.25, 0.3) is 0 Å². The van der Waals surface area contributed by atoms with Crippen molar-refractivity contribution >= 4 is 43.4 Å². The number of rotatable bonds is 2. The van der Waals surface area contributed by atoms with Crippen LogP contribution in [0.4, 0.5) is 0 Å². The van der Waals surface area contributed by atoms with E-state index in [9.17, 15) is 9.59 Å². The molecule has 1 aromatic heterocycles. The van der Waals surface area contributed by atoms with E-state index in [4.69, 9.17) is 24.6 Å². The van der Waals surface area contributed by atoms with E-state index in [0.717, 1.165) is 0 Å². The number of amides is 2. The van der Waals surface area contributed by atoms with Gasteiger partial charge < -0.3 is 4.42 Å². The summed E-state index contributed by atoms with van der Waals surface area (Å²) in [6.07, 6.45) is 0. The molecule has 0 radical (unpaired) electrons. The van der Waals surface area contributed by atoms with E-state index in [2.05, 4.69) is 9.98 Å². The van der Waals surface area contributed by atoms with E-state index in [-0.39, 0.29) is 24.9 Å². The Labute approximate surface area is 132 Å². The van der Waals surface area contributed by atoms with E-state index in [0.29, 0.717) is 22.9 Å². The Morgan fingerprint density at radius 2 is 1.25 bits per heavy atom. The summed E-state index contributed by atoms with van der Waals surface area (Å²) in [5.41, 5.74) is 0.999. The predicted octanol–water partition coefficient (Wildman–Crippen LogP) is 3.37. The third-order valence-electron chi connectivity index (χ3n) is 1.97. The molecule has 8 heteroatoms. The quantitative estimate of drug-likeness (QED) is 0.599. The summed E-state index contributed by atoms with van der Waals surface area (Å²) in [5.74, 6) is 0.422. The van der Waals surface area contributed by atoms with Gasteiger partial charge in [-0.3, -0.25) is 9.59 Å². The molecular weight excluding hydrogens is 347 g/mol. The third-order valence-corrected chi connectivity index (χ3v) is 1.97. The molecule has 0 aliphatic rings. The molecule has 0 aliphatic carbocycles. The zero-order valence-corrected chi connectivity index (χ0v) is 14.0. The van der Waals surface area contributed by atoms with Crippen LogP contribution < -0.4 is 0 Å². The van der Waals surface area contributed by atoms with Crippen molar-refractivity contribution < 1.29 is 27.1 Å². The van der Waals surface area contributed by atoms with Gasteiger partial charge >= 0.3 is 33.3 Å². The Morgan fingerprint density at radius 1 is 0.950 bits per heavy atom. The van der Waals surface area contributed by atoms with Crippen LogP contribution in [0, 0.1) is 0 Å². The van der Waals surface area contributed by atoms with Crippen molar-refractivity contribution in [2.24, 2.45) is 9.98 Å². The summed E-state index contributed by atoms with van der Waals surface area (Å²) < 4.78 is 5.44. The fourth-order valence-corrected chi connectivity index (χ4v) is 1.31. The van der Waals surface area contributed by atoms with E-state index >= 15 is 0 Å². The molecule has 1 rings (SSSR count). The normalized spacial score (nSPS) is 11.9. The van der Waals surface area contributed by atoms with E-state index in [1.807, 2.05) is 0 Å². The first kappa shape index (κ1) is 19.1. The van der Waals surface area contributed by atoms with Gasteiger partial charge in [-0.15, -0.1) is 0 Å². The molecule has 0 N–H and O–H groups in total. The number of furan rings is 1. The van der Waals surface area contributed by atoms with E-state index in [1.165, 1.54) is 13.8 Å². The molecule has 0 saturated heterocycles. The van der Waals surface area contributed by atoms with Crippen LogP contribution >= 0.6 is 20.2 Å². The van der Waals surface area contributed by atoms with Crippen LogP contribution in [0.25, 0.3) is 0 Å². The summed E-state index contributed by atoms with van der Waals surface area (Å²) in [6.45, 7) is 6.11. The molecule has 0 aromatic carbocycles. The number of hydrogen-bond donors (Lipinski definition) is 0. The van der Waals surface area contributed by atoms with Gasteiger partial charge in [0.15, 0.2) is 0 Å². The maximum atomic E-state index is 10.8. The number of aliphatic imine (C=N–C) groups is 2. The van der Waals surface area contributed by atoms with Gasteiger partial charge in [-0.2, -0.15) is 0 Å². The van der Waals surface area contributed by atoms with E-state index in [1.54, 1.807) is 26.0 Å². The molecule has 1 aromatic rings. The topological polar surface area (TPSA) is 72.0 Å². The maximum absolute atomic E-state index is 10.8. The zero-order chi connectivity index (χ0) is 15.7. The summed E-state index contributed by atoms with van der Waals surface area (Å²) in [6, 6.07) is 3.38. The summed E-state index contributed by atoms with van der Waals surface area (Å²) >= 11 is 0.194. The van der Waals surface area contributed by atoms with Crippen LogP contribution in [0.1, 0.15) is 39.2 Å². The van der Waals surface area contributed by atoms with Gasteiger partial charge in [0, 0.05) is 13.8 Å². The Balaban J connectivity index is 0.00000110.